The highest BCUT2D eigenvalue weighted by Crippen LogP contribution is 2.41. The van der Waals surface area contributed by atoms with Crippen LogP contribution in [0.1, 0.15) is 32.4 Å². The monoisotopic (exact) mass is 418 g/mol. The topological polar surface area (TPSA) is 15.3 Å². The van der Waals surface area contributed by atoms with E-state index in [-0.39, 0.29) is 41.8 Å². The molecular formula is C15H23BrCl2F2N2. The molecule has 1 N–H and O–H groups in total. The number of nitrogens with one attached hydrogen (secondary N) is 1. The van der Waals surface area contributed by atoms with Crippen molar-refractivity contribution < 1.29 is 8.78 Å². The van der Waals surface area contributed by atoms with Gasteiger partial charge in [0.15, 0.2) is 0 Å². The molecule has 0 amide bonds. The molecule has 0 bridgehead atoms. The van der Waals surface area contributed by atoms with Crippen LogP contribution in [0, 0.1) is 17.0 Å². The van der Waals surface area contributed by atoms with E-state index < -0.39 is 11.6 Å². The number of benzene rings is 1. The van der Waals surface area contributed by atoms with Gasteiger partial charge < -0.3 is 5.32 Å². The van der Waals surface area contributed by atoms with Gasteiger partial charge in [-0.3, -0.25) is 4.90 Å². The third kappa shape index (κ3) is 4.78. The molecule has 1 heterocycles. The lowest BCUT2D eigenvalue weighted by Gasteiger charge is -2.42. The maximum atomic E-state index is 14.5. The molecule has 128 valence electrons. The molecule has 1 aromatic carbocycles. The van der Waals surface area contributed by atoms with Gasteiger partial charge in [0.05, 0.1) is 4.47 Å². The van der Waals surface area contributed by atoms with Crippen LogP contribution >= 0.6 is 40.7 Å². The predicted octanol–water partition coefficient (Wildman–Crippen LogP) is 4.56. The Morgan fingerprint density at radius 2 is 1.68 bits per heavy atom. The standard InChI is InChI=1S/C15H21BrF2N2.2ClH/c1-15(2,3)14(20-8-6-19-7-9-20)12-11(17)5-4-10(16)13(12)18;;/h4-5,14,19H,6-9H2,1-3H3;2*1H/t14-;;/m0../s1. The van der Waals surface area contributed by atoms with E-state index in [9.17, 15) is 8.78 Å². The molecule has 1 aliphatic heterocycles. The average molecular weight is 420 g/mol. The summed E-state index contributed by atoms with van der Waals surface area (Å²) in [5.74, 6) is -0.951. The van der Waals surface area contributed by atoms with E-state index in [1.165, 1.54) is 12.1 Å². The molecule has 1 atom stereocenters. The molecule has 0 saturated carbocycles. The number of halogens is 5. The quantitative estimate of drug-likeness (QED) is 0.706. The molecule has 22 heavy (non-hydrogen) atoms. The van der Waals surface area contributed by atoms with Crippen molar-refractivity contribution in [1.29, 1.82) is 0 Å². The number of rotatable bonds is 2. The van der Waals surface area contributed by atoms with Gasteiger partial charge in [0, 0.05) is 37.8 Å². The van der Waals surface area contributed by atoms with E-state index in [1.807, 2.05) is 20.8 Å². The fourth-order valence-corrected chi connectivity index (χ4v) is 3.24. The first-order valence-corrected chi connectivity index (χ1v) is 7.70. The largest absolute Gasteiger partial charge is 0.314 e. The summed E-state index contributed by atoms with van der Waals surface area (Å²) in [6, 6.07) is 2.48. The second kappa shape index (κ2) is 8.78. The lowest BCUT2D eigenvalue weighted by molar-refractivity contribution is 0.0803. The SMILES string of the molecule is CC(C)(C)[C@H](c1c(F)ccc(Br)c1F)N1CCNCC1.Cl.Cl. The smallest absolute Gasteiger partial charge is 0.145 e. The Hall–Kier alpha value is 0.0600. The maximum absolute atomic E-state index is 14.5. The highest BCUT2D eigenvalue weighted by molar-refractivity contribution is 9.10. The van der Waals surface area contributed by atoms with Gasteiger partial charge in [0.25, 0.3) is 0 Å². The third-order valence-electron chi connectivity index (χ3n) is 3.69. The minimum Gasteiger partial charge on any atom is -0.314 e. The summed E-state index contributed by atoms with van der Waals surface area (Å²) in [5, 5.41) is 3.27. The summed E-state index contributed by atoms with van der Waals surface area (Å²) in [4.78, 5) is 2.17. The van der Waals surface area contributed by atoms with E-state index in [2.05, 4.69) is 26.1 Å². The van der Waals surface area contributed by atoms with Crippen LogP contribution in [0.5, 0.6) is 0 Å². The van der Waals surface area contributed by atoms with Crippen molar-refractivity contribution in [2.75, 3.05) is 26.2 Å². The van der Waals surface area contributed by atoms with Crippen LogP contribution < -0.4 is 5.32 Å². The van der Waals surface area contributed by atoms with Crippen molar-refractivity contribution >= 4 is 40.7 Å². The van der Waals surface area contributed by atoms with Gasteiger partial charge in [0.1, 0.15) is 11.6 Å². The Bertz CT molecular complexity index is 489. The van der Waals surface area contributed by atoms with Crippen LogP contribution in [0.3, 0.4) is 0 Å². The normalized spacial score (nSPS) is 17.4. The van der Waals surface area contributed by atoms with Gasteiger partial charge in [-0.2, -0.15) is 0 Å². The van der Waals surface area contributed by atoms with Crippen molar-refractivity contribution in [1.82, 2.24) is 10.2 Å². The fourth-order valence-electron chi connectivity index (χ4n) is 2.90. The second-order valence-corrected chi connectivity index (χ2v) is 7.17. The summed E-state index contributed by atoms with van der Waals surface area (Å²) in [5.41, 5.74) is -0.0754. The zero-order valence-corrected chi connectivity index (χ0v) is 16.2. The first kappa shape index (κ1) is 22.1. The molecule has 0 aromatic heterocycles. The van der Waals surface area contributed by atoms with Crippen molar-refractivity contribution in [2.24, 2.45) is 5.41 Å². The van der Waals surface area contributed by atoms with Crippen LogP contribution in [-0.4, -0.2) is 31.1 Å². The zero-order chi connectivity index (χ0) is 14.9. The summed E-state index contributed by atoms with van der Waals surface area (Å²) < 4.78 is 29.0. The predicted molar refractivity (Wildman–Crippen MR) is 95.2 cm³/mol. The first-order valence-electron chi connectivity index (χ1n) is 6.90. The fraction of sp³-hybridized carbons (Fsp3) is 0.600. The molecule has 1 fully saturated rings. The summed E-state index contributed by atoms with van der Waals surface area (Å²) >= 11 is 3.17. The molecule has 0 radical (unpaired) electrons. The Morgan fingerprint density at radius 1 is 1.14 bits per heavy atom. The minimum atomic E-state index is -0.483. The summed E-state index contributed by atoms with van der Waals surface area (Å²) in [7, 11) is 0. The number of hydrogen-bond donors (Lipinski definition) is 1. The Kier molecular flexibility index (Phi) is 8.81. The summed E-state index contributed by atoms with van der Waals surface area (Å²) in [6.07, 6.45) is 0. The molecule has 0 aliphatic carbocycles. The lowest BCUT2D eigenvalue weighted by atomic mass is 9.80. The summed E-state index contributed by atoms with van der Waals surface area (Å²) in [6.45, 7) is 9.38. The van der Waals surface area contributed by atoms with E-state index in [1.54, 1.807) is 0 Å². The number of nitrogens with zero attached hydrogens (tertiary/aromatic N) is 1. The van der Waals surface area contributed by atoms with Crippen LogP contribution in [0.15, 0.2) is 16.6 Å². The van der Waals surface area contributed by atoms with Crippen molar-refractivity contribution in [3.8, 4) is 0 Å². The molecule has 1 aliphatic rings. The lowest BCUT2D eigenvalue weighted by Crippen LogP contribution is -2.48. The number of hydrogen-bond acceptors (Lipinski definition) is 2. The second-order valence-electron chi connectivity index (χ2n) is 6.31. The minimum absolute atomic E-state index is 0. The molecule has 2 nitrogen and oxygen atoms in total. The van der Waals surface area contributed by atoms with Gasteiger partial charge >= 0.3 is 0 Å². The Morgan fingerprint density at radius 3 is 2.18 bits per heavy atom. The Labute approximate surface area is 152 Å². The van der Waals surface area contributed by atoms with Gasteiger partial charge in [-0.05, 0) is 33.5 Å². The average Bonchev–Trinajstić information content (AvgIpc) is 2.39. The molecule has 2 rings (SSSR count). The highest BCUT2D eigenvalue weighted by Gasteiger charge is 2.36. The zero-order valence-electron chi connectivity index (χ0n) is 13.0. The van der Waals surface area contributed by atoms with E-state index in [4.69, 9.17) is 0 Å². The van der Waals surface area contributed by atoms with Crippen LogP contribution in [0.4, 0.5) is 8.78 Å². The van der Waals surface area contributed by atoms with Crippen molar-refractivity contribution in [3.05, 3.63) is 33.8 Å². The van der Waals surface area contributed by atoms with Gasteiger partial charge in [-0.25, -0.2) is 8.78 Å². The van der Waals surface area contributed by atoms with E-state index >= 15 is 0 Å². The van der Waals surface area contributed by atoms with E-state index in [0.717, 1.165) is 26.2 Å². The maximum Gasteiger partial charge on any atom is 0.145 e. The van der Waals surface area contributed by atoms with Crippen LogP contribution in [0.25, 0.3) is 0 Å². The van der Waals surface area contributed by atoms with E-state index in [0.29, 0.717) is 4.47 Å². The van der Waals surface area contributed by atoms with Crippen LogP contribution in [0.2, 0.25) is 0 Å². The van der Waals surface area contributed by atoms with Gasteiger partial charge in [-0.15, -0.1) is 24.8 Å². The molecule has 7 heteroatoms. The van der Waals surface area contributed by atoms with Gasteiger partial charge in [-0.1, -0.05) is 20.8 Å². The van der Waals surface area contributed by atoms with Gasteiger partial charge in [0.2, 0.25) is 0 Å². The van der Waals surface area contributed by atoms with Crippen molar-refractivity contribution in [3.63, 3.8) is 0 Å². The highest BCUT2D eigenvalue weighted by atomic mass is 79.9. The molecule has 1 aromatic rings. The molecule has 0 spiro atoms. The van der Waals surface area contributed by atoms with Crippen molar-refractivity contribution in [2.45, 2.75) is 26.8 Å². The Balaban J connectivity index is 0.00000220. The number of piperazine rings is 1. The molecule has 0 unspecified atom stereocenters. The third-order valence-corrected chi connectivity index (χ3v) is 4.30. The molecular weight excluding hydrogens is 397 g/mol. The molecule has 1 saturated heterocycles. The first-order chi connectivity index (χ1) is 9.32. The van der Waals surface area contributed by atoms with Crippen LogP contribution in [-0.2, 0) is 0 Å².